The van der Waals surface area contributed by atoms with Crippen molar-refractivity contribution in [3.8, 4) is 23.0 Å². The molecule has 2 heterocycles. The lowest BCUT2D eigenvalue weighted by Crippen LogP contribution is -2.37. The number of fused-ring (bicyclic) bond motifs is 1. The number of guanidine groups is 1. The third-order valence-electron chi connectivity index (χ3n) is 4.81. The number of aryl methyl sites for hydroxylation is 1. The lowest BCUT2D eigenvalue weighted by molar-refractivity contribution is 0.174. The zero-order chi connectivity index (χ0) is 20.8. The van der Waals surface area contributed by atoms with Gasteiger partial charge in [-0.1, -0.05) is 30.3 Å². The van der Waals surface area contributed by atoms with Crippen molar-refractivity contribution in [1.82, 2.24) is 20.8 Å². The van der Waals surface area contributed by atoms with Gasteiger partial charge in [-0.05, 0) is 41.8 Å². The van der Waals surface area contributed by atoms with Crippen LogP contribution in [0, 0.1) is 0 Å². The average molecular weight is 535 g/mol. The van der Waals surface area contributed by atoms with Crippen LogP contribution in [0.2, 0.25) is 0 Å². The number of ether oxygens (including phenoxy) is 2. The van der Waals surface area contributed by atoms with Crippen molar-refractivity contribution in [2.45, 2.75) is 26.3 Å². The van der Waals surface area contributed by atoms with Crippen molar-refractivity contribution in [2.24, 2.45) is 4.99 Å². The fraction of sp³-hybridized carbons (Fsp3) is 0.318. The Hall–Kier alpha value is -2.82. The zero-order valence-electron chi connectivity index (χ0n) is 17.6. The Kier molecular flexibility index (Phi) is 8.10. The Labute approximate surface area is 198 Å². The maximum Gasteiger partial charge on any atom is 0.257 e. The average Bonchev–Trinajstić information content (AvgIpc) is 3.45. The van der Waals surface area contributed by atoms with Crippen LogP contribution in [0.5, 0.6) is 11.5 Å². The Morgan fingerprint density at radius 2 is 1.81 bits per heavy atom. The van der Waals surface area contributed by atoms with E-state index in [1.807, 2.05) is 37.3 Å². The molecule has 0 atom stereocenters. The van der Waals surface area contributed by atoms with Gasteiger partial charge in [-0.15, -0.1) is 24.0 Å². The number of nitrogens with one attached hydrogen (secondary N) is 2. The number of nitrogens with zero attached hydrogens (tertiary/aromatic N) is 3. The molecule has 1 aliphatic heterocycles. The minimum Gasteiger partial charge on any atom is -0.454 e. The Balaban J connectivity index is 0.00000272. The summed E-state index contributed by atoms with van der Waals surface area (Å²) in [5, 5.41) is 10.6. The van der Waals surface area contributed by atoms with Gasteiger partial charge < -0.3 is 24.6 Å². The Morgan fingerprint density at radius 1 is 1.03 bits per heavy atom. The second-order valence-corrected chi connectivity index (χ2v) is 6.86. The van der Waals surface area contributed by atoms with Crippen LogP contribution < -0.4 is 20.1 Å². The van der Waals surface area contributed by atoms with Crippen molar-refractivity contribution in [2.75, 3.05) is 20.4 Å². The molecule has 0 spiro atoms. The normalized spacial score (nSPS) is 12.4. The van der Waals surface area contributed by atoms with Crippen molar-refractivity contribution in [1.29, 1.82) is 0 Å². The van der Waals surface area contributed by atoms with E-state index >= 15 is 0 Å². The third kappa shape index (κ3) is 5.87. The molecule has 1 aliphatic rings. The van der Waals surface area contributed by atoms with E-state index in [1.54, 1.807) is 7.05 Å². The molecule has 0 unspecified atom stereocenters. The second-order valence-electron chi connectivity index (χ2n) is 6.86. The Bertz CT molecular complexity index is 1020. The van der Waals surface area contributed by atoms with Crippen LogP contribution in [0.15, 0.2) is 52.0 Å². The zero-order valence-corrected chi connectivity index (χ0v) is 19.9. The van der Waals surface area contributed by atoms with Gasteiger partial charge >= 0.3 is 0 Å². The van der Waals surface area contributed by atoms with E-state index in [-0.39, 0.29) is 30.8 Å². The third-order valence-corrected chi connectivity index (χ3v) is 4.81. The van der Waals surface area contributed by atoms with Crippen LogP contribution in [-0.4, -0.2) is 36.5 Å². The van der Waals surface area contributed by atoms with E-state index in [1.165, 1.54) is 5.56 Å². The minimum absolute atomic E-state index is 0. The smallest absolute Gasteiger partial charge is 0.257 e. The van der Waals surface area contributed by atoms with Gasteiger partial charge in [0.1, 0.15) is 0 Å². The molecular weight excluding hydrogens is 509 g/mol. The van der Waals surface area contributed by atoms with E-state index in [0.29, 0.717) is 12.4 Å². The molecule has 2 aromatic carbocycles. The van der Waals surface area contributed by atoms with Crippen molar-refractivity contribution >= 4 is 29.9 Å². The van der Waals surface area contributed by atoms with Crippen LogP contribution in [0.4, 0.5) is 0 Å². The second kappa shape index (κ2) is 11.0. The van der Waals surface area contributed by atoms with Gasteiger partial charge in [0.15, 0.2) is 23.3 Å². The first-order chi connectivity index (χ1) is 14.7. The first kappa shape index (κ1) is 22.9. The number of halogens is 1. The van der Waals surface area contributed by atoms with Crippen LogP contribution in [0.1, 0.15) is 23.9 Å². The van der Waals surface area contributed by atoms with Gasteiger partial charge in [-0.25, -0.2) is 0 Å². The summed E-state index contributed by atoms with van der Waals surface area (Å²) >= 11 is 0. The lowest BCUT2D eigenvalue weighted by atomic mass is 10.1. The highest BCUT2D eigenvalue weighted by Crippen LogP contribution is 2.32. The van der Waals surface area contributed by atoms with Crippen LogP contribution in [-0.2, 0) is 19.4 Å². The summed E-state index contributed by atoms with van der Waals surface area (Å²) in [5.41, 5.74) is 3.25. The van der Waals surface area contributed by atoms with E-state index < -0.39 is 0 Å². The highest BCUT2D eigenvalue weighted by molar-refractivity contribution is 14.0. The van der Waals surface area contributed by atoms with Crippen LogP contribution >= 0.6 is 24.0 Å². The van der Waals surface area contributed by atoms with Gasteiger partial charge in [0.2, 0.25) is 6.79 Å². The van der Waals surface area contributed by atoms with Gasteiger partial charge in [0.05, 0.1) is 0 Å². The molecular formula is C22H26IN5O3. The number of benzene rings is 2. The molecule has 2 N–H and O–H groups in total. The largest absolute Gasteiger partial charge is 0.454 e. The minimum atomic E-state index is 0. The maximum absolute atomic E-state index is 5.42. The van der Waals surface area contributed by atoms with Gasteiger partial charge in [-0.3, -0.25) is 4.99 Å². The lowest BCUT2D eigenvalue weighted by Gasteiger charge is -2.12. The summed E-state index contributed by atoms with van der Waals surface area (Å²) in [7, 11) is 1.76. The van der Waals surface area contributed by atoms with E-state index in [2.05, 4.69) is 37.9 Å². The van der Waals surface area contributed by atoms with Crippen LogP contribution in [0.25, 0.3) is 11.5 Å². The molecule has 0 aliphatic carbocycles. The summed E-state index contributed by atoms with van der Waals surface area (Å²) in [6, 6.07) is 14.1. The van der Waals surface area contributed by atoms with Gasteiger partial charge in [0.25, 0.3) is 5.89 Å². The Morgan fingerprint density at radius 3 is 2.55 bits per heavy atom. The fourth-order valence-corrected chi connectivity index (χ4v) is 3.11. The number of hydrogen-bond donors (Lipinski definition) is 2. The highest BCUT2D eigenvalue weighted by atomic mass is 127. The molecule has 9 heteroatoms. The molecule has 0 amide bonds. The number of hydrogen-bond acceptors (Lipinski definition) is 6. The predicted molar refractivity (Wildman–Crippen MR) is 129 cm³/mol. The molecule has 4 rings (SSSR count). The summed E-state index contributed by atoms with van der Waals surface area (Å²) in [6.07, 6.45) is 1.63. The number of aliphatic imine (C=N–C) groups is 1. The van der Waals surface area contributed by atoms with Crippen molar-refractivity contribution in [3.05, 3.63) is 59.4 Å². The molecule has 0 fully saturated rings. The summed E-state index contributed by atoms with van der Waals surface area (Å²) < 4.78 is 16.0. The summed E-state index contributed by atoms with van der Waals surface area (Å²) in [6.45, 7) is 3.70. The topological polar surface area (TPSA) is 93.8 Å². The maximum atomic E-state index is 5.42. The predicted octanol–water partition coefficient (Wildman–Crippen LogP) is 3.55. The molecule has 0 radical (unpaired) electrons. The van der Waals surface area contributed by atoms with Gasteiger partial charge in [-0.2, -0.15) is 4.98 Å². The van der Waals surface area contributed by atoms with Crippen molar-refractivity contribution in [3.63, 3.8) is 0 Å². The highest BCUT2D eigenvalue weighted by Gasteiger charge is 2.13. The van der Waals surface area contributed by atoms with E-state index in [0.717, 1.165) is 53.8 Å². The molecule has 164 valence electrons. The number of rotatable bonds is 7. The SMILES string of the molecule is CCc1noc(-c2ccc(CCNC(=NC)NCc3ccc4c(c3)OCO4)cc2)n1.I. The monoisotopic (exact) mass is 535 g/mol. The van der Waals surface area contributed by atoms with E-state index in [9.17, 15) is 0 Å². The molecule has 0 saturated heterocycles. The van der Waals surface area contributed by atoms with E-state index in [4.69, 9.17) is 14.0 Å². The first-order valence-electron chi connectivity index (χ1n) is 10.00. The molecule has 0 saturated carbocycles. The van der Waals surface area contributed by atoms with Gasteiger partial charge in [0, 0.05) is 32.1 Å². The van der Waals surface area contributed by atoms with Crippen LogP contribution in [0.3, 0.4) is 0 Å². The summed E-state index contributed by atoms with van der Waals surface area (Å²) in [4.78, 5) is 8.64. The quantitative estimate of drug-likeness (QED) is 0.272. The number of aromatic nitrogens is 2. The summed E-state index contributed by atoms with van der Waals surface area (Å²) in [5.74, 6) is 3.61. The van der Waals surface area contributed by atoms with Crippen molar-refractivity contribution < 1.29 is 14.0 Å². The fourth-order valence-electron chi connectivity index (χ4n) is 3.11. The first-order valence-corrected chi connectivity index (χ1v) is 10.00. The molecule has 31 heavy (non-hydrogen) atoms. The molecule has 1 aromatic heterocycles. The molecule has 0 bridgehead atoms. The molecule has 3 aromatic rings. The standard InChI is InChI=1S/C22H25N5O3.HI/c1-3-20-26-21(30-27-20)17-7-4-15(5-8-17)10-11-24-22(23-2)25-13-16-6-9-18-19(12-16)29-14-28-18;/h4-9,12H,3,10-11,13-14H2,1-2H3,(H2,23,24,25);1H. The molecule has 8 nitrogen and oxygen atoms in total.